The molecule has 0 saturated carbocycles. The molecule has 1 heterocycles. The summed E-state index contributed by atoms with van der Waals surface area (Å²) in [7, 11) is -3.79. The van der Waals surface area contributed by atoms with Crippen LogP contribution in [-0.4, -0.2) is 24.6 Å². The Morgan fingerprint density at radius 2 is 2.09 bits per heavy atom. The number of aromatic nitrogens is 1. The molecule has 0 bridgehead atoms. The van der Waals surface area contributed by atoms with Crippen molar-refractivity contribution >= 4 is 21.6 Å². The Morgan fingerprint density at radius 1 is 1.36 bits per heavy atom. The van der Waals surface area contributed by atoms with Gasteiger partial charge in [0.2, 0.25) is 10.0 Å². The SMILES string of the molecule is Cc1cc(S(=O)(=O)NC2c3ccccc3CC2O)cnc1Cl. The van der Waals surface area contributed by atoms with Crippen LogP contribution in [-0.2, 0) is 16.4 Å². The van der Waals surface area contributed by atoms with Crippen LogP contribution in [0.4, 0.5) is 0 Å². The molecule has 2 atom stereocenters. The molecule has 0 radical (unpaired) electrons. The second-order valence-electron chi connectivity index (χ2n) is 5.35. The molecule has 2 N–H and O–H groups in total. The van der Waals surface area contributed by atoms with Gasteiger partial charge in [-0.05, 0) is 29.7 Å². The quantitative estimate of drug-likeness (QED) is 0.839. The van der Waals surface area contributed by atoms with E-state index in [1.165, 1.54) is 12.3 Å². The molecule has 0 spiro atoms. The molecule has 1 aromatic heterocycles. The minimum atomic E-state index is -3.79. The van der Waals surface area contributed by atoms with Crippen LogP contribution in [0.25, 0.3) is 0 Å². The lowest BCUT2D eigenvalue weighted by Crippen LogP contribution is -2.34. The van der Waals surface area contributed by atoms with Gasteiger partial charge in [-0.1, -0.05) is 35.9 Å². The van der Waals surface area contributed by atoms with Crippen molar-refractivity contribution in [3.8, 4) is 0 Å². The van der Waals surface area contributed by atoms with Crippen LogP contribution in [0.5, 0.6) is 0 Å². The first kappa shape index (κ1) is 15.4. The summed E-state index contributed by atoms with van der Waals surface area (Å²) in [5, 5.41) is 10.4. The third-order valence-corrected chi connectivity index (χ3v) is 5.59. The van der Waals surface area contributed by atoms with E-state index in [-0.39, 0.29) is 10.0 Å². The van der Waals surface area contributed by atoms with E-state index in [1.807, 2.05) is 24.3 Å². The van der Waals surface area contributed by atoms with Crippen molar-refractivity contribution in [2.75, 3.05) is 0 Å². The number of rotatable bonds is 3. The molecular formula is C15H15ClN2O3S. The molecule has 2 unspecified atom stereocenters. The van der Waals surface area contributed by atoms with E-state index in [1.54, 1.807) is 6.92 Å². The van der Waals surface area contributed by atoms with Crippen LogP contribution in [0, 0.1) is 6.92 Å². The standard InChI is InChI=1S/C15H15ClN2O3S/c1-9-6-11(8-17-15(9)16)22(20,21)18-14-12-5-3-2-4-10(12)7-13(14)19/h2-6,8,13-14,18-19H,7H2,1H3. The van der Waals surface area contributed by atoms with E-state index in [2.05, 4.69) is 9.71 Å². The molecule has 0 aliphatic heterocycles. The lowest BCUT2D eigenvalue weighted by atomic mass is 10.1. The van der Waals surface area contributed by atoms with Crippen LogP contribution < -0.4 is 4.72 Å². The zero-order valence-corrected chi connectivity index (χ0v) is 13.4. The van der Waals surface area contributed by atoms with Crippen molar-refractivity contribution in [1.29, 1.82) is 0 Å². The minimum Gasteiger partial charge on any atom is -0.391 e. The first-order valence-electron chi connectivity index (χ1n) is 6.79. The van der Waals surface area contributed by atoms with E-state index in [0.717, 1.165) is 11.1 Å². The number of hydrogen-bond acceptors (Lipinski definition) is 4. The number of aliphatic hydroxyl groups is 1. The third-order valence-electron chi connectivity index (χ3n) is 3.79. The summed E-state index contributed by atoms with van der Waals surface area (Å²) in [5.74, 6) is 0. The number of nitrogens with zero attached hydrogens (tertiary/aromatic N) is 1. The van der Waals surface area contributed by atoms with Gasteiger partial charge in [-0.2, -0.15) is 0 Å². The zero-order chi connectivity index (χ0) is 15.9. The van der Waals surface area contributed by atoms with E-state index in [9.17, 15) is 13.5 Å². The number of aliphatic hydroxyl groups excluding tert-OH is 1. The second-order valence-corrected chi connectivity index (χ2v) is 7.42. The van der Waals surface area contributed by atoms with Gasteiger partial charge in [0.15, 0.2) is 0 Å². The Morgan fingerprint density at radius 3 is 2.82 bits per heavy atom. The van der Waals surface area contributed by atoms with Gasteiger partial charge < -0.3 is 5.11 Å². The maximum absolute atomic E-state index is 12.5. The third kappa shape index (κ3) is 2.75. The fourth-order valence-corrected chi connectivity index (χ4v) is 4.01. The minimum absolute atomic E-state index is 0.0333. The van der Waals surface area contributed by atoms with Crippen LogP contribution in [0.15, 0.2) is 41.4 Å². The monoisotopic (exact) mass is 338 g/mol. The molecule has 0 saturated heterocycles. The van der Waals surface area contributed by atoms with Gasteiger partial charge in [-0.3, -0.25) is 0 Å². The maximum atomic E-state index is 12.5. The van der Waals surface area contributed by atoms with Gasteiger partial charge in [0.1, 0.15) is 10.0 Å². The molecule has 0 amide bonds. The second kappa shape index (κ2) is 5.62. The number of fused-ring (bicyclic) bond motifs is 1. The highest BCUT2D eigenvalue weighted by atomic mass is 35.5. The predicted octanol–water partition coefficient (Wildman–Crippen LogP) is 1.98. The average Bonchev–Trinajstić information content (AvgIpc) is 2.78. The number of hydrogen-bond donors (Lipinski definition) is 2. The molecule has 1 aliphatic carbocycles. The van der Waals surface area contributed by atoms with Crippen molar-refractivity contribution < 1.29 is 13.5 Å². The van der Waals surface area contributed by atoms with Crippen molar-refractivity contribution in [3.63, 3.8) is 0 Å². The van der Waals surface area contributed by atoms with Gasteiger partial charge in [-0.15, -0.1) is 0 Å². The summed E-state index contributed by atoms with van der Waals surface area (Å²) < 4.78 is 27.6. The first-order valence-corrected chi connectivity index (χ1v) is 8.65. The van der Waals surface area contributed by atoms with Crippen LogP contribution in [0.2, 0.25) is 5.15 Å². The Hall–Kier alpha value is -1.47. The summed E-state index contributed by atoms with van der Waals surface area (Å²) in [4.78, 5) is 3.90. The lowest BCUT2D eigenvalue weighted by molar-refractivity contribution is 0.151. The Bertz CT molecular complexity index is 823. The average molecular weight is 339 g/mol. The fraction of sp³-hybridized carbons (Fsp3) is 0.267. The molecule has 2 aromatic rings. The van der Waals surface area contributed by atoms with Crippen molar-refractivity contribution in [3.05, 3.63) is 58.4 Å². The highest BCUT2D eigenvalue weighted by Gasteiger charge is 2.34. The van der Waals surface area contributed by atoms with Crippen molar-refractivity contribution in [2.45, 2.75) is 30.4 Å². The van der Waals surface area contributed by atoms with E-state index in [4.69, 9.17) is 11.6 Å². The fourth-order valence-electron chi connectivity index (χ4n) is 2.63. The van der Waals surface area contributed by atoms with Crippen LogP contribution in [0.1, 0.15) is 22.7 Å². The number of halogens is 1. The van der Waals surface area contributed by atoms with Gasteiger partial charge in [0, 0.05) is 12.6 Å². The summed E-state index contributed by atoms with van der Waals surface area (Å²) >= 11 is 5.82. The summed E-state index contributed by atoms with van der Waals surface area (Å²) in [6.07, 6.45) is 0.861. The molecule has 1 aromatic carbocycles. The molecule has 3 rings (SSSR count). The topological polar surface area (TPSA) is 79.3 Å². The summed E-state index contributed by atoms with van der Waals surface area (Å²) in [6.45, 7) is 1.69. The number of pyridine rings is 1. The van der Waals surface area contributed by atoms with E-state index < -0.39 is 22.2 Å². The smallest absolute Gasteiger partial charge is 0.242 e. The van der Waals surface area contributed by atoms with E-state index >= 15 is 0 Å². The predicted molar refractivity (Wildman–Crippen MR) is 83.2 cm³/mol. The van der Waals surface area contributed by atoms with Crippen LogP contribution >= 0.6 is 11.6 Å². The highest BCUT2D eigenvalue weighted by molar-refractivity contribution is 7.89. The van der Waals surface area contributed by atoms with Gasteiger partial charge >= 0.3 is 0 Å². The molecule has 0 fully saturated rings. The molecule has 5 nitrogen and oxygen atoms in total. The number of nitrogens with one attached hydrogen (secondary N) is 1. The normalized spacial score (nSPS) is 20.9. The lowest BCUT2D eigenvalue weighted by Gasteiger charge is -2.18. The van der Waals surface area contributed by atoms with Gasteiger partial charge in [-0.25, -0.2) is 18.1 Å². The molecule has 1 aliphatic rings. The molecule has 22 heavy (non-hydrogen) atoms. The van der Waals surface area contributed by atoms with Crippen molar-refractivity contribution in [2.24, 2.45) is 0 Å². The number of benzene rings is 1. The summed E-state index contributed by atoms with van der Waals surface area (Å²) in [6, 6.07) is 8.22. The Balaban J connectivity index is 1.93. The Kier molecular flexibility index (Phi) is 3.94. The molecular weight excluding hydrogens is 324 g/mol. The van der Waals surface area contributed by atoms with Gasteiger partial charge in [0.05, 0.1) is 12.1 Å². The maximum Gasteiger partial charge on any atom is 0.242 e. The Labute approximate surface area is 134 Å². The van der Waals surface area contributed by atoms with Crippen LogP contribution in [0.3, 0.4) is 0 Å². The van der Waals surface area contributed by atoms with Gasteiger partial charge in [0.25, 0.3) is 0 Å². The number of sulfonamides is 1. The molecule has 116 valence electrons. The summed E-state index contributed by atoms with van der Waals surface area (Å²) in [5.41, 5.74) is 2.34. The highest BCUT2D eigenvalue weighted by Crippen LogP contribution is 2.32. The number of aryl methyl sites for hydroxylation is 1. The first-order chi connectivity index (χ1) is 10.4. The van der Waals surface area contributed by atoms with Crippen molar-refractivity contribution in [1.82, 2.24) is 9.71 Å². The largest absolute Gasteiger partial charge is 0.391 e. The zero-order valence-electron chi connectivity index (χ0n) is 11.8. The molecule has 7 heteroatoms. The van der Waals surface area contributed by atoms with E-state index in [0.29, 0.717) is 12.0 Å².